The summed E-state index contributed by atoms with van der Waals surface area (Å²) in [6.07, 6.45) is 0. The minimum atomic E-state index is -3.68. The van der Waals surface area contributed by atoms with E-state index in [2.05, 4.69) is 10.0 Å². The van der Waals surface area contributed by atoms with E-state index < -0.39 is 15.8 Å². The summed E-state index contributed by atoms with van der Waals surface area (Å²) in [7, 11) is -1.89. The van der Waals surface area contributed by atoms with Gasteiger partial charge in [0.05, 0.1) is 10.6 Å². The fourth-order valence-electron chi connectivity index (χ4n) is 1.69. The molecule has 0 bridgehead atoms. The first kappa shape index (κ1) is 15.0. The molecule has 4 nitrogen and oxygen atoms in total. The van der Waals surface area contributed by atoms with Gasteiger partial charge in [-0.1, -0.05) is 6.07 Å². The maximum Gasteiger partial charge on any atom is 0.262 e. The van der Waals surface area contributed by atoms with E-state index in [4.69, 9.17) is 0 Å². The highest BCUT2D eigenvalue weighted by molar-refractivity contribution is 7.92. The van der Waals surface area contributed by atoms with Crippen LogP contribution in [0.15, 0.2) is 34.5 Å². The van der Waals surface area contributed by atoms with Crippen molar-refractivity contribution in [3.05, 3.63) is 45.9 Å². The highest BCUT2D eigenvalue weighted by atomic mass is 32.2. The summed E-state index contributed by atoms with van der Waals surface area (Å²) in [5.41, 5.74) is 0.535. The minimum Gasteiger partial charge on any atom is -0.315 e. The minimum absolute atomic E-state index is 0.191. The topological polar surface area (TPSA) is 58.2 Å². The van der Waals surface area contributed by atoms with Crippen LogP contribution in [0, 0.1) is 12.7 Å². The maximum atomic E-state index is 13.4. The van der Waals surface area contributed by atoms with Gasteiger partial charge >= 0.3 is 0 Å². The molecule has 0 saturated carbocycles. The van der Waals surface area contributed by atoms with Crippen LogP contribution in [-0.4, -0.2) is 15.5 Å². The van der Waals surface area contributed by atoms with Gasteiger partial charge in [-0.2, -0.15) is 0 Å². The van der Waals surface area contributed by atoms with E-state index in [1.165, 1.54) is 36.5 Å². The fraction of sp³-hybridized carbons (Fsp3) is 0.231. The van der Waals surface area contributed by atoms with Crippen LogP contribution in [-0.2, 0) is 16.6 Å². The Bertz CT molecular complexity index is 711. The molecule has 108 valence electrons. The molecule has 0 aliphatic carbocycles. The van der Waals surface area contributed by atoms with Gasteiger partial charge in [-0.3, -0.25) is 4.72 Å². The number of hydrogen-bond donors (Lipinski definition) is 2. The van der Waals surface area contributed by atoms with Gasteiger partial charge in [-0.15, -0.1) is 11.3 Å². The summed E-state index contributed by atoms with van der Waals surface area (Å²) in [6, 6.07) is 5.91. The quantitative estimate of drug-likeness (QED) is 0.892. The van der Waals surface area contributed by atoms with Gasteiger partial charge in [0.2, 0.25) is 0 Å². The Kier molecular flexibility index (Phi) is 4.42. The third-order valence-corrected chi connectivity index (χ3v) is 5.23. The number of sulfonamides is 1. The lowest BCUT2D eigenvalue weighted by Gasteiger charge is -2.09. The molecule has 7 heteroatoms. The number of thiophene rings is 1. The zero-order chi connectivity index (χ0) is 14.8. The first-order valence-electron chi connectivity index (χ1n) is 5.94. The Morgan fingerprint density at radius 1 is 1.35 bits per heavy atom. The molecule has 20 heavy (non-hydrogen) atoms. The van der Waals surface area contributed by atoms with E-state index in [0.717, 1.165) is 4.88 Å². The Hall–Kier alpha value is -1.44. The van der Waals surface area contributed by atoms with E-state index in [-0.39, 0.29) is 16.1 Å². The van der Waals surface area contributed by atoms with Crippen molar-refractivity contribution in [3.8, 4) is 0 Å². The van der Waals surface area contributed by atoms with E-state index in [9.17, 15) is 12.8 Å². The fourth-order valence-corrected chi connectivity index (χ4v) is 4.10. The number of rotatable bonds is 5. The zero-order valence-corrected chi connectivity index (χ0v) is 12.7. The average molecular weight is 314 g/mol. The van der Waals surface area contributed by atoms with Crippen molar-refractivity contribution in [3.63, 3.8) is 0 Å². The molecule has 0 aliphatic rings. The molecule has 0 amide bonds. The lowest BCUT2D eigenvalue weighted by molar-refractivity contribution is 0.601. The molecule has 0 saturated heterocycles. The third kappa shape index (κ3) is 3.17. The van der Waals surface area contributed by atoms with Gasteiger partial charge in [0.1, 0.15) is 5.82 Å². The highest BCUT2D eigenvalue weighted by Crippen LogP contribution is 2.24. The molecule has 0 unspecified atom stereocenters. The summed E-state index contributed by atoms with van der Waals surface area (Å²) >= 11 is 1.36. The van der Waals surface area contributed by atoms with Gasteiger partial charge < -0.3 is 5.32 Å². The molecule has 0 radical (unpaired) electrons. The first-order chi connectivity index (χ1) is 9.44. The second-order valence-corrected chi connectivity index (χ2v) is 6.98. The summed E-state index contributed by atoms with van der Waals surface area (Å²) in [6.45, 7) is 2.15. The van der Waals surface area contributed by atoms with Crippen molar-refractivity contribution in [2.45, 2.75) is 18.4 Å². The van der Waals surface area contributed by atoms with Crippen molar-refractivity contribution < 1.29 is 12.8 Å². The van der Waals surface area contributed by atoms with Gasteiger partial charge in [0.15, 0.2) is 0 Å². The van der Waals surface area contributed by atoms with Gasteiger partial charge in [0.25, 0.3) is 10.0 Å². The molecule has 1 aromatic carbocycles. The predicted octanol–water partition coefficient (Wildman–Crippen LogP) is 2.72. The second kappa shape index (κ2) is 5.90. The van der Waals surface area contributed by atoms with Gasteiger partial charge in [-0.05, 0) is 32.2 Å². The molecule has 2 N–H and O–H groups in total. The average Bonchev–Trinajstić information content (AvgIpc) is 2.85. The number of benzene rings is 1. The van der Waals surface area contributed by atoms with Crippen LogP contribution < -0.4 is 10.0 Å². The summed E-state index contributed by atoms with van der Waals surface area (Å²) in [5.74, 6) is -0.439. The number of nitrogens with one attached hydrogen (secondary N) is 2. The SMILES string of the molecule is CNCc1cc(S(=O)(=O)Nc2cccc(F)c2C)cs1. The molecule has 0 atom stereocenters. The molecule has 2 aromatic rings. The van der Waals surface area contributed by atoms with Crippen LogP contribution >= 0.6 is 11.3 Å². The van der Waals surface area contributed by atoms with E-state index in [1.807, 2.05) is 0 Å². The smallest absolute Gasteiger partial charge is 0.262 e. The molecule has 2 rings (SSSR count). The molecule has 1 aromatic heterocycles. The Morgan fingerprint density at radius 2 is 2.10 bits per heavy atom. The lowest BCUT2D eigenvalue weighted by atomic mass is 10.2. The molecule has 0 aliphatic heterocycles. The number of halogens is 1. The van der Waals surface area contributed by atoms with Crippen molar-refractivity contribution in [1.29, 1.82) is 0 Å². The van der Waals surface area contributed by atoms with Crippen LogP contribution in [0.25, 0.3) is 0 Å². The van der Waals surface area contributed by atoms with E-state index >= 15 is 0 Å². The number of hydrogen-bond acceptors (Lipinski definition) is 4. The highest BCUT2D eigenvalue weighted by Gasteiger charge is 2.17. The molecular formula is C13H15FN2O2S2. The second-order valence-electron chi connectivity index (χ2n) is 4.30. The van der Waals surface area contributed by atoms with Crippen molar-refractivity contribution in [2.24, 2.45) is 0 Å². The Balaban J connectivity index is 2.28. The first-order valence-corrected chi connectivity index (χ1v) is 8.30. The van der Waals surface area contributed by atoms with Crippen LogP contribution in [0.4, 0.5) is 10.1 Å². The van der Waals surface area contributed by atoms with Gasteiger partial charge in [0, 0.05) is 22.4 Å². The van der Waals surface area contributed by atoms with Crippen LogP contribution in [0.5, 0.6) is 0 Å². The third-order valence-electron chi connectivity index (χ3n) is 2.80. The van der Waals surface area contributed by atoms with E-state index in [1.54, 1.807) is 18.5 Å². The van der Waals surface area contributed by atoms with Gasteiger partial charge in [-0.25, -0.2) is 12.8 Å². The summed E-state index contributed by atoms with van der Waals surface area (Å²) < 4.78 is 40.3. The van der Waals surface area contributed by atoms with Crippen LogP contribution in [0.2, 0.25) is 0 Å². The molecule has 0 fully saturated rings. The molecule has 0 spiro atoms. The van der Waals surface area contributed by atoms with Crippen molar-refractivity contribution >= 4 is 27.0 Å². The zero-order valence-electron chi connectivity index (χ0n) is 11.1. The van der Waals surface area contributed by atoms with E-state index in [0.29, 0.717) is 6.54 Å². The van der Waals surface area contributed by atoms with Crippen LogP contribution in [0.3, 0.4) is 0 Å². The predicted molar refractivity (Wildman–Crippen MR) is 79.0 cm³/mol. The standard InChI is InChI=1S/C13H15FN2O2S2/c1-9-12(14)4-3-5-13(9)16-20(17,18)11-6-10(7-15-2)19-8-11/h3-6,8,15-16H,7H2,1-2H3. The monoisotopic (exact) mass is 314 g/mol. The number of anilines is 1. The Labute approximate surface area is 121 Å². The molecular weight excluding hydrogens is 299 g/mol. The lowest BCUT2D eigenvalue weighted by Crippen LogP contribution is -2.13. The van der Waals surface area contributed by atoms with Crippen molar-refractivity contribution in [2.75, 3.05) is 11.8 Å². The Morgan fingerprint density at radius 3 is 2.80 bits per heavy atom. The largest absolute Gasteiger partial charge is 0.315 e. The summed E-state index contributed by atoms with van der Waals surface area (Å²) in [4.78, 5) is 1.11. The maximum absolute atomic E-state index is 13.4. The normalized spacial score (nSPS) is 11.6. The molecule has 1 heterocycles. The van der Waals surface area contributed by atoms with Crippen LogP contribution in [0.1, 0.15) is 10.4 Å². The van der Waals surface area contributed by atoms with Crippen molar-refractivity contribution in [1.82, 2.24) is 5.32 Å². The summed E-state index contributed by atoms with van der Waals surface area (Å²) in [5, 5.41) is 4.53.